The van der Waals surface area contributed by atoms with E-state index in [2.05, 4.69) is 15.1 Å². The third-order valence-corrected chi connectivity index (χ3v) is 7.75. The van der Waals surface area contributed by atoms with Gasteiger partial charge in [0.25, 0.3) is 0 Å². The van der Waals surface area contributed by atoms with Crippen LogP contribution in [0.25, 0.3) is 34.0 Å². The molecule has 0 aliphatic heterocycles. The lowest BCUT2D eigenvalue weighted by Gasteiger charge is -2.07. The Morgan fingerprint density at radius 1 is 0.969 bits per heavy atom. The van der Waals surface area contributed by atoms with Gasteiger partial charge in [-0.3, -0.25) is 0 Å². The molecule has 1 fully saturated rings. The summed E-state index contributed by atoms with van der Waals surface area (Å²) in [5.41, 5.74) is 15.9. The molecule has 2 aromatic heterocycles. The van der Waals surface area contributed by atoms with Gasteiger partial charge < -0.3 is 16.0 Å². The second-order valence-electron chi connectivity index (χ2n) is 7.74. The zero-order valence-corrected chi connectivity index (χ0v) is 17.9. The van der Waals surface area contributed by atoms with Crippen LogP contribution in [-0.4, -0.2) is 28.8 Å². The predicted octanol–water partition coefficient (Wildman–Crippen LogP) is 3.44. The molecule has 0 radical (unpaired) electrons. The highest BCUT2D eigenvalue weighted by atomic mass is 32.2. The summed E-state index contributed by atoms with van der Waals surface area (Å²) in [5.74, 6) is 0.602. The molecule has 2 heterocycles. The molecule has 2 aromatic carbocycles. The molecule has 9 heteroatoms. The van der Waals surface area contributed by atoms with Crippen LogP contribution >= 0.6 is 0 Å². The molecule has 1 aliphatic carbocycles. The second kappa shape index (κ2) is 7.85. The number of nitrogens with two attached hydrogens (primary N) is 2. The van der Waals surface area contributed by atoms with E-state index in [1.54, 1.807) is 36.5 Å². The first-order chi connectivity index (χ1) is 15.5. The summed E-state index contributed by atoms with van der Waals surface area (Å²) >= 11 is 0. The fourth-order valence-electron chi connectivity index (χ4n) is 3.44. The number of anilines is 1. The number of aromatic nitrogens is 3. The average molecular weight is 448 g/mol. The third-order valence-electron chi connectivity index (χ3n) is 5.47. The Morgan fingerprint density at radius 3 is 2.28 bits per heavy atom. The van der Waals surface area contributed by atoms with E-state index in [1.165, 1.54) is 0 Å². The zero-order valence-electron chi connectivity index (χ0n) is 17.1. The van der Waals surface area contributed by atoms with Crippen LogP contribution in [0.1, 0.15) is 18.4 Å². The average Bonchev–Trinajstić information content (AvgIpc) is 3.58. The first kappa shape index (κ1) is 20.3. The molecule has 1 saturated carbocycles. The molecule has 4 N–H and O–H groups in total. The summed E-state index contributed by atoms with van der Waals surface area (Å²) in [6, 6.07) is 16.1. The van der Waals surface area contributed by atoms with Gasteiger partial charge in [0.15, 0.2) is 27.1 Å². The molecule has 0 bridgehead atoms. The Labute approximate surface area is 185 Å². The molecular formula is C23H21N5O3S. The topological polar surface area (TPSA) is 138 Å². The van der Waals surface area contributed by atoms with E-state index in [0.717, 1.165) is 29.5 Å². The van der Waals surface area contributed by atoms with Crippen molar-refractivity contribution in [2.45, 2.75) is 29.5 Å². The van der Waals surface area contributed by atoms with Crippen LogP contribution in [0, 0.1) is 0 Å². The summed E-state index contributed by atoms with van der Waals surface area (Å²) in [6.45, 7) is 0.469. The van der Waals surface area contributed by atoms with Gasteiger partial charge in [-0.15, -0.1) is 0 Å². The first-order valence-electron chi connectivity index (χ1n) is 10.2. The van der Waals surface area contributed by atoms with Gasteiger partial charge in [-0.2, -0.15) is 0 Å². The lowest BCUT2D eigenvalue weighted by molar-refractivity contribution is 0.434. The van der Waals surface area contributed by atoms with Gasteiger partial charge in [-0.1, -0.05) is 41.6 Å². The van der Waals surface area contributed by atoms with Crippen LogP contribution < -0.4 is 11.5 Å². The number of hydrogen-bond acceptors (Lipinski definition) is 8. The Hall–Kier alpha value is -3.56. The quantitative estimate of drug-likeness (QED) is 0.458. The monoisotopic (exact) mass is 447 g/mol. The molecule has 1 aliphatic rings. The highest BCUT2D eigenvalue weighted by Crippen LogP contribution is 2.34. The van der Waals surface area contributed by atoms with Crippen molar-refractivity contribution >= 4 is 15.7 Å². The van der Waals surface area contributed by atoms with Crippen molar-refractivity contribution in [3.8, 4) is 34.0 Å². The first-order valence-corrected chi connectivity index (χ1v) is 11.7. The number of sulfone groups is 1. The molecule has 8 nitrogen and oxygen atoms in total. The van der Waals surface area contributed by atoms with Crippen molar-refractivity contribution < 1.29 is 12.9 Å². The fraction of sp³-hybridized carbons (Fsp3) is 0.174. The summed E-state index contributed by atoms with van der Waals surface area (Å²) in [4.78, 5) is 9.17. The largest absolute Gasteiger partial charge is 0.382 e. The van der Waals surface area contributed by atoms with Crippen molar-refractivity contribution in [1.82, 2.24) is 15.1 Å². The lowest BCUT2D eigenvalue weighted by atomic mass is 10.1. The van der Waals surface area contributed by atoms with Crippen LogP contribution in [0.5, 0.6) is 0 Å². The molecule has 0 saturated heterocycles. The van der Waals surface area contributed by atoms with E-state index < -0.39 is 9.84 Å². The maximum Gasteiger partial charge on any atom is 0.189 e. The van der Waals surface area contributed by atoms with Crippen molar-refractivity contribution in [3.05, 3.63) is 66.4 Å². The van der Waals surface area contributed by atoms with Crippen LogP contribution in [0.3, 0.4) is 0 Å². The van der Waals surface area contributed by atoms with Crippen LogP contribution in [-0.2, 0) is 16.4 Å². The molecule has 5 rings (SSSR count). The van der Waals surface area contributed by atoms with Crippen LogP contribution in [0.15, 0.2) is 70.2 Å². The highest BCUT2D eigenvalue weighted by molar-refractivity contribution is 7.92. The van der Waals surface area contributed by atoms with Gasteiger partial charge in [0.2, 0.25) is 0 Å². The highest BCUT2D eigenvalue weighted by Gasteiger charge is 2.36. The van der Waals surface area contributed by atoms with E-state index in [1.807, 2.05) is 24.3 Å². The van der Waals surface area contributed by atoms with Gasteiger partial charge >= 0.3 is 0 Å². The third kappa shape index (κ3) is 3.76. The number of rotatable bonds is 6. The van der Waals surface area contributed by atoms with Crippen molar-refractivity contribution in [1.29, 1.82) is 0 Å². The van der Waals surface area contributed by atoms with Crippen molar-refractivity contribution in [2.24, 2.45) is 5.73 Å². The smallest absolute Gasteiger partial charge is 0.189 e. The van der Waals surface area contributed by atoms with E-state index in [4.69, 9.17) is 16.0 Å². The van der Waals surface area contributed by atoms with Crippen LogP contribution in [0.4, 0.5) is 5.82 Å². The number of nitrogens with zero attached hydrogens (tertiary/aromatic N) is 3. The maximum atomic E-state index is 12.4. The second-order valence-corrected chi connectivity index (χ2v) is 9.96. The van der Waals surface area contributed by atoms with Crippen LogP contribution in [0.2, 0.25) is 0 Å². The fourth-order valence-corrected chi connectivity index (χ4v) is 5.10. The van der Waals surface area contributed by atoms with E-state index in [9.17, 15) is 8.42 Å². The minimum atomic E-state index is -3.24. The Kier molecular flexibility index (Phi) is 4.99. The molecule has 0 atom stereocenters. The summed E-state index contributed by atoms with van der Waals surface area (Å²) in [6.07, 6.45) is 3.01. The summed E-state index contributed by atoms with van der Waals surface area (Å²) < 4.78 is 30.3. The van der Waals surface area contributed by atoms with Gasteiger partial charge in [-0.05, 0) is 30.5 Å². The summed E-state index contributed by atoms with van der Waals surface area (Å²) in [5, 5.41) is 3.88. The van der Waals surface area contributed by atoms with Crippen molar-refractivity contribution in [3.63, 3.8) is 0 Å². The van der Waals surface area contributed by atoms with Gasteiger partial charge in [-0.25, -0.2) is 18.4 Å². The Bertz CT molecular complexity index is 1380. The molecule has 162 valence electrons. The van der Waals surface area contributed by atoms with Gasteiger partial charge in [0, 0.05) is 23.7 Å². The van der Waals surface area contributed by atoms with E-state index in [-0.39, 0.29) is 11.1 Å². The Morgan fingerprint density at radius 2 is 1.62 bits per heavy atom. The maximum absolute atomic E-state index is 12.4. The number of nitrogen functional groups attached to an aromatic ring is 1. The molecule has 0 amide bonds. The lowest BCUT2D eigenvalue weighted by Crippen LogP contribution is -2.06. The van der Waals surface area contributed by atoms with E-state index >= 15 is 0 Å². The SMILES string of the molecule is NCc1ccc(-c2cc(-c3nc(-c4ccc(S(=O)(=O)C5CC5)cc4)cnc3N)on2)cc1. The van der Waals surface area contributed by atoms with Gasteiger partial charge in [0.05, 0.1) is 22.0 Å². The minimum Gasteiger partial charge on any atom is -0.382 e. The standard InChI is InChI=1S/C23H21N5O3S/c24-12-14-1-3-15(4-2-14)19-11-21(31-28-19)22-23(25)26-13-20(27-22)16-5-7-17(8-6-16)32(29,30)18-9-10-18/h1-8,11,13,18H,9-10,12,24H2,(H2,25,26). The normalized spacial score (nSPS) is 13.9. The minimum absolute atomic E-state index is 0.211. The van der Waals surface area contributed by atoms with E-state index in [0.29, 0.717) is 34.3 Å². The molecule has 0 spiro atoms. The summed E-state index contributed by atoms with van der Waals surface area (Å²) in [7, 11) is -3.24. The zero-order chi connectivity index (χ0) is 22.3. The molecular weight excluding hydrogens is 426 g/mol. The molecule has 32 heavy (non-hydrogen) atoms. The molecule has 4 aromatic rings. The number of benzene rings is 2. The van der Waals surface area contributed by atoms with Gasteiger partial charge in [0.1, 0.15) is 5.69 Å². The van der Waals surface area contributed by atoms with Crippen molar-refractivity contribution in [2.75, 3.05) is 5.73 Å². The molecule has 0 unspecified atom stereocenters. The predicted molar refractivity (Wildman–Crippen MR) is 121 cm³/mol. The number of hydrogen-bond donors (Lipinski definition) is 2. The Balaban J connectivity index is 1.45.